The Labute approximate surface area is 87.0 Å². The molecule has 0 bridgehead atoms. The molecule has 4 nitrogen and oxygen atoms in total. The minimum absolute atomic E-state index is 0.202. The van der Waals surface area contributed by atoms with Crippen molar-refractivity contribution in [3.05, 3.63) is 16.4 Å². The van der Waals surface area contributed by atoms with Crippen LogP contribution < -0.4 is 5.56 Å². The largest absolute Gasteiger partial charge is 0.493 e. The summed E-state index contributed by atoms with van der Waals surface area (Å²) in [6.45, 7) is 2.11. The molecule has 5 heteroatoms. The van der Waals surface area contributed by atoms with E-state index in [2.05, 4.69) is 11.9 Å². The number of aromatic hydroxyl groups is 1. The molecule has 1 rings (SSSR count). The van der Waals surface area contributed by atoms with Crippen molar-refractivity contribution in [3.8, 4) is 5.88 Å². The van der Waals surface area contributed by atoms with Crippen molar-refractivity contribution < 1.29 is 5.11 Å². The minimum Gasteiger partial charge on any atom is -0.493 e. The monoisotopic (exact) mass is 214 g/mol. The Kier molecular flexibility index (Phi) is 4.00. The van der Waals surface area contributed by atoms with Crippen molar-refractivity contribution in [1.82, 2.24) is 9.55 Å². The van der Waals surface area contributed by atoms with Crippen LogP contribution in [0.4, 0.5) is 0 Å². The Morgan fingerprint density at radius 1 is 1.64 bits per heavy atom. The fourth-order valence-corrected chi connectivity index (χ4v) is 2.00. The van der Waals surface area contributed by atoms with Crippen LogP contribution >= 0.6 is 11.8 Å². The topological polar surface area (TPSA) is 55.1 Å². The predicted molar refractivity (Wildman–Crippen MR) is 56.8 cm³/mol. The highest BCUT2D eigenvalue weighted by Gasteiger charge is 2.04. The molecule has 0 radical (unpaired) electrons. The molecule has 0 aliphatic rings. The Bertz CT molecular complexity index is 362. The fraction of sp³-hybridized carbons (Fsp3) is 0.556. The molecule has 1 aromatic heterocycles. The van der Waals surface area contributed by atoms with Crippen LogP contribution in [0.15, 0.2) is 16.0 Å². The van der Waals surface area contributed by atoms with E-state index in [0.717, 1.165) is 24.7 Å². The lowest BCUT2D eigenvalue weighted by Gasteiger charge is -2.05. The number of rotatable bonds is 4. The highest BCUT2D eigenvalue weighted by Crippen LogP contribution is 2.16. The Balaban J connectivity index is 2.80. The lowest BCUT2D eigenvalue weighted by Crippen LogP contribution is -2.18. The van der Waals surface area contributed by atoms with E-state index < -0.39 is 0 Å². The van der Waals surface area contributed by atoms with Gasteiger partial charge in [-0.25, -0.2) is 0 Å². The zero-order valence-electron chi connectivity index (χ0n) is 8.36. The van der Waals surface area contributed by atoms with Crippen molar-refractivity contribution in [1.29, 1.82) is 0 Å². The quantitative estimate of drug-likeness (QED) is 0.467. The number of unbranched alkanes of at least 4 members (excludes halogenated alkanes) is 1. The fourth-order valence-electron chi connectivity index (χ4n) is 0.944. The highest BCUT2D eigenvalue weighted by atomic mass is 32.2. The van der Waals surface area contributed by atoms with Crippen molar-refractivity contribution in [2.75, 3.05) is 5.75 Å². The molecule has 0 saturated heterocycles. The molecule has 0 fully saturated rings. The van der Waals surface area contributed by atoms with E-state index in [1.807, 2.05) is 0 Å². The van der Waals surface area contributed by atoms with Gasteiger partial charge in [0.15, 0.2) is 5.16 Å². The van der Waals surface area contributed by atoms with Crippen molar-refractivity contribution in [2.24, 2.45) is 7.05 Å². The van der Waals surface area contributed by atoms with Gasteiger partial charge in [0, 0.05) is 12.8 Å². The maximum absolute atomic E-state index is 11.2. The SMILES string of the molecule is CCCCSc1nc(O)cc(=O)n1C. The van der Waals surface area contributed by atoms with E-state index in [4.69, 9.17) is 5.11 Å². The van der Waals surface area contributed by atoms with Crippen LogP contribution in [0.2, 0.25) is 0 Å². The molecule has 0 amide bonds. The second-order valence-corrected chi connectivity index (χ2v) is 4.06. The third-order valence-electron chi connectivity index (χ3n) is 1.81. The highest BCUT2D eigenvalue weighted by molar-refractivity contribution is 7.99. The molecular formula is C9H14N2O2S. The number of nitrogens with zero attached hydrogens (tertiary/aromatic N) is 2. The van der Waals surface area contributed by atoms with Gasteiger partial charge in [0.1, 0.15) is 0 Å². The maximum atomic E-state index is 11.2. The van der Waals surface area contributed by atoms with E-state index in [1.165, 1.54) is 16.3 Å². The van der Waals surface area contributed by atoms with Crippen LogP contribution in [0, 0.1) is 0 Å². The number of aromatic nitrogens is 2. The molecule has 0 aliphatic heterocycles. The lowest BCUT2D eigenvalue weighted by molar-refractivity contribution is 0.437. The summed E-state index contributed by atoms with van der Waals surface area (Å²) in [6, 6.07) is 1.11. The van der Waals surface area contributed by atoms with E-state index in [0.29, 0.717) is 5.16 Å². The molecule has 1 N–H and O–H groups in total. The van der Waals surface area contributed by atoms with Gasteiger partial charge >= 0.3 is 0 Å². The van der Waals surface area contributed by atoms with Gasteiger partial charge < -0.3 is 5.11 Å². The van der Waals surface area contributed by atoms with Crippen molar-refractivity contribution >= 4 is 11.8 Å². The summed E-state index contributed by atoms with van der Waals surface area (Å²) in [5, 5.41) is 9.71. The van der Waals surface area contributed by atoms with Crippen LogP contribution in [-0.2, 0) is 7.05 Å². The summed E-state index contributed by atoms with van der Waals surface area (Å²) in [5.41, 5.74) is -0.225. The average Bonchev–Trinajstić information content (AvgIpc) is 2.13. The Hall–Kier alpha value is -0.970. The standard InChI is InChI=1S/C9H14N2O2S/c1-3-4-5-14-9-10-7(12)6-8(13)11(9)2/h6,12H,3-5H2,1-2H3. The normalized spacial score (nSPS) is 10.4. The van der Waals surface area contributed by atoms with Crippen LogP contribution in [0.1, 0.15) is 19.8 Å². The van der Waals surface area contributed by atoms with Crippen LogP contribution in [0.5, 0.6) is 5.88 Å². The van der Waals surface area contributed by atoms with Gasteiger partial charge in [-0.2, -0.15) is 4.98 Å². The molecule has 1 heterocycles. The van der Waals surface area contributed by atoms with Gasteiger partial charge in [0.25, 0.3) is 5.56 Å². The first kappa shape index (κ1) is 11.1. The van der Waals surface area contributed by atoms with Gasteiger partial charge in [-0.3, -0.25) is 9.36 Å². The molecule has 0 aliphatic carbocycles. The Morgan fingerprint density at radius 2 is 2.36 bits per heavy atom. The first-order valence-electron chi connectivity index (χ1n) is 4.55. The maximum Gasteiger partial charge on any atom is 0.257 e. The number of hydrogen-bond acceptors (Lipinski definition) is 4. The predicted octanol–water partition coefficient (Wildman–Crippen LogP) is 1.38. The van der Waals surface area contributed by atoms with Crippen molar-refractivity contribution in [2.45, 2.75) is 24.9 Å². The molecule has 0 aromatic carbocycles. The lowest BCUT2D eigenvalue weighted by atomic mass is 10.4. The molecule has 0 saturated carbocycles. The van der Waals surface area contributed by atoms with Gasteiger partial charge in [-0.15, -0.1) is 0 Å². The zero-order chi connectivity index (χ0) is 10.6. The van der Waals surface area contributed by atoms with Crippen molar-refractivity contribution in [3.63, 3.8) is 0 Å². The van der Waals surface area contributed by atoms with Crippen LogP contribution in [0.25, 0.3) is 0 Å². The summed E-state index contributed by atoms with van der Waals surface area (Å²) in [6.07, 6.45) is 2.19. The summed E-state index contributed by atoms with van der Waals surface area (Å²) < 4.78 is 1.44. The minimum atomic E-state index is -0.225. The summed E-state index contributed by atoms with van der Waals surface area (Å²) >= 11 is 1.49. The summed E-state index contributed by atoms with van der Waals surface area (Å²) in [7, 11) is 1.66. The van der Waals surface area contributed by atoms with E-state index in [-0.39, 0.29) is 11.4 Å². The molecule has 0 atom stereocenters. The number of thioether (sulfide) groups is 1. The van der Waals surface area contributed by atoms with E-state index >= 15 is 0 Å². The first-order chi connectivity index (χ1) is 6.65. The first-order valence-corrected chi connectivity index (χ1v) is 5.53. The average molecular weight is 214 g/mol. The van der Waals surface area contributed by atoms with Gasteiger partial charge in [0.2, 0.25) is 5.88 Å². The smallest absolute Gasteiger partial charge is 0.257 e. The molecule has 0 spiro atoms. The summed E-state index contributed by atoms with van der Waals surface area (Å²) in [5.74, 6) is 0.715. The van der Waals surface area contributed by atoms with E-state index in [9.17, 15) is 4.79 Å². The van der Waals surface area contributed by atoms with E-state index in [1.54, 1.807) is 7.05 Å². The van der Waals surface area contributed by atoms with Crippen LogP contribution in [-0.4, -0.2) is 20.4 Å². The van der Waals surface area contributed by atoms with Gasteiger partial charge in [0.05, 0.1) is 6.07 Å². The third kappa shape index (κ3) is 2.77. The second kappa shape index (κ2) is 5.05. The number of hydrogen-bond donors (Lipinski definition) is 1. The Morgan fingerprint density at radius 3 is 3.00 bits per heavy atom. The molecule has 78 valence electrons. The van der Waals surface area contributed by atoms with Gasteiger partial charge in [-0.1, -0.05) is 25.1 Å². The molecular weight excluding hydrogens is 200 g/mol. The van der Waals surface area contributed by atoms with Gasteiger partial charge in [-0.05, 0) is 6.42 Å². The second-order valence-electron chi connectivity index (χ2n) is 3.00. The molecule has 1 aromatic rings. The summed E-state index contributed by atoms with van der Waals surface area (Å²) in [4.78, 5) is 15.1. The molecule has 0 unspecified atom stereocenters. The van der Waals surface area contributed by atoms with Crippen LogP contribution in [0.3, 0.4) is 0 Å². The third-order valence-corrected chi connectivity index (χ3v) is 2.93. The molecule has 14 heavy (non-hydrogen) atoms. The zero-order valence-corrected chi connectivity index (χ0v) is 9.17.